The molecule has 0 aliphatic carbocycles. The van der Waals surface area contributed by atoms with Crippen molar-refractivity contribution < 1.29 is 9.53 Å². The molecule has 16 heavy (non-hydrogen) atoms. The molecule has 0 fully saturated rings. The van der Waals surface area contributed by atoms with Crippen LogP contribution >= 0.6 is 0 Å². The van der Waals surface area contributed by atoms with Gasteiger partial charge in [0.15, 0.2) is 0 Å². The second-order valence-corrected chi connectivity index (χ2v) is 4.60. The van der Waals surface area contributed by atoms with E-state index in [4.69, 9.17) is 4.74 Å². The summed E-state index contributed by atoms with van der Waals surface area (Å²) < 4.78 is 4.74. The second-order valence-electron chi connectivity index (χ2n) is 4.60. The number of hydrogen-bond acceptors (Lipinski definition) is 3. The number of benzene rings is 1. The van der Waals surface area contributed by atoms with Gasteiger partial charge in [-0.1, -0.05) is 17.7 Å². The standard InChI is InChI=1S/C13H19NO2/c1-10-5-7-11(8-6-10)14-9-13(2,3)12(15)16-4/h5-8,14H,9H2,1-4H3. The number of carbonyl (C=O) groups is 1. The van der Waals surface area contributed by atoms with Crippen molar-refractivity contribution in [3.63, 3.8) is 0 Å². The van der Waals surface area contributed by atoms with Gasteiger partial charge in [-0.3, -0.25) is 4.79 Å². The van der Waals surface area contributed by atoms with Crippen molar-refractivity contribution in [2.75, 3.05) is 19.0 Å². The topological polar surface area (TPSA) is 38.3 Å². The van der Waals surface area contributed by atoms with Gasteiger partial charge in [0, 0.05) is 12.2 Å². The van der Waals surface area contributed by atoms with E-state index in [1.807, 2.05) is 45.0 Å². The molecular formula is C13H19NO2. The van der Waals surface area contributed by atoms with E-state index in [9.17, 15) is 4.79 Å². The van der Waals surface area contributed by atoms with Crippen LogP contribution in [0.15, 0.2) is 24.3 Å². The quantitative estimate of drug-likeness (QED) is 0.794. The molecule has 1 aromatic carbocycles. The Kier molecular flexibility index (Phi) is 3.93. The smallest absolute Gasteiger partial charge is 0.313 e. The normalized spacial score (nSPS) is 11.0. The summed E-state index contributed by atoms with van der Waals surface area (Å²) >= 11 is 0. The molecule has 0 saturated carbocycles. The third-order valence-electron chi connectivity index (χ3n) is 2.52. The molecule has 0 spiro atoms. The molecule has 0 heterocycles. The zero-order valence-corrected chi connectivity index (χ0v) is 10.3. The van der Waals surface area contributed by atoms with Gasteiger partial charge >= 0.3 is 5.97 Å². The first kappa shape index (κ1) is 12.6. The summed E-state index contributed by atoms with van der Waals surface area (Å²) in [5.74, 6) is -0.202. The van der Waals surface area contributed by atoms with Crippen LogP contribution in [-0.4, -0.2) is 19.6 Å². The van der Waals surface area contributed by atoms with E-state index >= 15 is 0 Å². The highest BCUT2D eigenvalue weighted by Gasteiger charge is 2.28. The van der Waals surface area contributed by atoms with Gasteiger partial charge in [0.2, 0.25) is 0 Å². The lowest BCUT2D eigenvalue weighted by atomic mass is 9.93. The van der Waals surface area contributed by atoms with Crippen LogP contribution in [0.1, 0.15) is 19.4 Å². The van der Waals surface area contributed by atoms with Crippen LogP contribution in [0.2, 0.25) is 0 Å². The van der Waals surface area contributed by atoms with E-state index < -0.39 is 5.41 Å². The number of hydrogen-bond donors (Lipinski definition) is 1. The summed E-state index contributed by atoms with van der Waals surface area (Å²) in [6, 6.07) is 8.08. The molecule has 1 rings (SSSR count). The van der Waals surface area contributed by atoms with E-state index in [2.05, 4.69) is 5.32 Å². The Morgan fingerprint density at radius 2 is 1.88 bits per heavy atom. The van der Waals surface area contributed by atoms with Gasteiger partial charge in [-0.25, -0.2) is 0 Å². The summed E-state index contributed by atoms with van der Waals surface area (Å²) in [5, 5.41) is 3.23. The van der Waals surface area contributed by atoms with Gasteiger partial charge in [0.05, 0.1) is 12.5 Å². The van der Waals surface area contributed by atoms with Crippen LogP contribution in [0.4, 0.5) is 5.69 Å². The molecule has 1 aromatic rings. The number of rotatable bonds is 4. The molecule has 0 radical (unpaired) electrons. The molecule has 3 heteroatoms. The van der Waals surface area contributed by atoms with Gasteiger partial charge in [-0.2, -0.15) is 0 Å². The summed E-state index contributed by atoms with van der Waals surface area (Å²) in [6.45, 7) is 6.32. The average Bonchev–Trinajstić information content (AvgIpc) is 2.27. The van der Waals surface area contributed by atoms with E-state index in [1.54, 1.807) is 0 Å². The zero-order valence-electron chi connectivity index (χ0n) is 10.3. The second kappa shape index (κ2) is 5.01. The maximum atomic E-state index is 11.4. The Hall–Kier alpha value is -1.51. The van der Waals surface area contributed by atoms with Crippen LogP contribution in [0.3, 0.4) is 0 Å². The van der Waals surface area contributed by atoms with Crippen molar-refractivity contribution in [2.45, 2.75) is 20.8 Å². The first-order chi connectivity index (χ1) is 7.45. The molecule has 0 aliphatic heterocycles. The van der Waals surface area contributed by atoms with E-state index in [-0.39, 0.29) is 5.97 Å². The summed E-state index contributed by atoms with van der Waals surface area (Å²) in [5.41, 5.74) is 1.72. The Morgan fingerprint density at radius 1 is 1.31 bits per heavy atom. The number of aryl methyl sites for hydroxylation is 1. The van der Waals surface area contributed by atoms with Crippen molar-refractivity contribution in [3.05, 3.63) is 29.8 Å². The molecular weight excluding hydrogens is 202 g/mol. The highest BCUT2D eigenvalue weighted by Crippen LogP contribution is 2.18. The lowest BCUT2D eigenvalue weighted by molar-refractivity contribution is -0.149. The van der Waals surface area contributed by atoms with Crippen molar-refractivity contribution in [3.8, 4) is 0 Å². The van der Waals surface area contributed by atoms with Crippen LogP contribution in [-0.2, 0) is 9.53 Å². The highest BCUT2D eigenvalue weighted by atomic mass is 16.5. The van der Waals surface area contributed by atoms with E-state index in [0.717, 1.165) is 5.69 Å². The Morgan fingerprint density at radius 3 is 2.38 bits per heavy atom. The number of carbonyl (C=O) groups excluding carboxylic acids is 1. The van der Waals surface area contributed by atoms with Crippen molar-refractivity contribution in [1.82, 2.24) is 0 Å². The lowest BCUT2D eigenvalue weighted by Gasteiger charge is -2.22. The summed E-state index contributed by atoms with van der Waals surface area (Å²) in [6.07, 6.45) is 0. The molecule has 0 amide bonds. The van der Waals surface area contributed by atoms with Crippen molar-refractivity contribution in [1.29, 1.82) is 0 Å². The minimum Gasteiger partial charge on any atom is -0.469 e. The van der Waals surface area contributed by atoms with Gasteiger partial charge in [0.25, 0.3) is 0 Å². The molecule has 1 N–H and O–H groups in total. The number of ether oxygens (including phenoxy) is 1. The third-order valence-corrected chi connectivity index (χ3v) is 2.52. The molecule has 0 aromatic heterocycles. The minimum atomic E-state index is -0.514. The number of methoxy groups -OCH3 is 1. The summed E-state index contributed by atoms with van der Waals surface area (Å²) in [4.78, 5) is 11.4. The van der Waals surface area contributed by atoms with Crippen LogP contribution in [0.5, 0.6) is 0 Å². The molecule has 0 unspecified atom stereocenters. The monoisotopic (exact) mass is 221 g/mol. The van der Waals surface area contributed by atoms with E-state index in [1.165, 1.54) is 12.7 Å². The largest absolute Gasteiger partial charge is 0.469 e. The van der Waals surface area contributed by atoms with Gasteiger partial charge in [-0.05, 0) is 32.9 Å². The van der Waals surface area contributed by atoms with Crippen LogP contribution in [0, 0.1) is 12.3 Å². The van der Waals surface area contributed by atoms with Gasteiger partial charge in [-0.15, -0.1) is 0 Å². The molecule has 0 aliphatic rings. The highest BCUT2D eigenvalue weighted by molar-refractivity contribution is 5.76. The molecule has 0 bridgehead atoms. The third kappa shape index (κ3) is 3.26. The van der Waals surface area contributed by atoms with Crippen LogP contribution in [0.25, 0.3) is 0 Å². The molecule has 0 atom stereocenters. The van der Waals surface area contributed by atoms with Crippen molar-refractivity contribution >= 4 is 11.7 Å². The number of esters is 1. The SMILES string of the molecule is COC(=O)C(C)(C)CNc1ccc(C)cc1. The fourth-order valence-electron chi connectivity index (χ4n) is 1.34. The van der Waals surface area contributed by atoms with Crippen LogP contribution < -0.4 is 5.32 Å². The predicted octanol–water partition coefficient (Wildman–Crippen LogP) is 2.61. The Balaban J connectivity index is 2.57. The first-order valence-electron chi connectivity index (χ1n) is 5.34. The molecule has 3 nitrogen and oxygen atoms in total. The Labute approximate surface area is 96.8 Å². The Bertz CT molecular complexity index is 355. The molecule has 88 valence electrons. The lowest BCUT2D eigenvalue weighted by Crippen LogP contribution is -2.33. The number of nitrogens with one attached hydrogen (secondary N) is 1. The van der Waals surface area contributed by atoms with Gasteiger partial charge in [0.1, 0.15) is 0 Å². The maximum absolute atomic E-state index is 11.4. The summed E-state index contributed by atoms with van der Waals surface area (Å²) in [7, 11) is 1.41. The van der Waals surface area contributed by atoms with E-state index in [0.29, 0.717) is 6.54 Å². The fourth-order valence-corrected chi connectivity index (χ4v) is 1.34. The first-order valence-corrected chi connectivity index (χ1v) is 5.34. The predicted molar refractivity (Wildman–Crippen MR) is 65.5 cm³/mol. The minimum absolute atomic E-state index is 0.202. The average molecular weight is 221 g/mol. The molecule has 0 saturated heterocycles. The zero-order chi connectivity index (χ0) is 12.2. The fraction of sp³-hybridized carbons (Fsp3) is 0.462. The maximum Gasteiger partial charge on any atom is 0.313 e. The van der Waals surface area contributed by atoms with Crippen molar-refractivity contribution in [2.24, 2.45) is 5.41 Å². The number of anilines is 1. The van der Waals surface area contributed by atoms with Gasteiger partial charge < -0.3 is 10.1 Å².